The second kappa shape index (κ2) is 6.51. The fourth-order valence-electron chi connectivity index (χ4n) is 2.67. The summed E-state index contributed by atoms with van der Waals surface area (Å²) in [4.78, 5) is 36.0. The lowest BCUT2D eigenvalue weighted by molar-refractivity contribution is -0.305. The molecule has 0 bridgehead atoms. The van der Waals surface area contributed by atoms with E-state index in [-0.39, 0.29) is 12.1 Å². The molecule has 0 aromatic heterocycles. The first-order valence-corrected chi connectivity index (χ1v) is 6.96. The van der Waals surface area contributed by atoms with Crippen LogP contribution >= 0.6 is 0 Å². The second-order valence-electron chi connectivity index (χ2n) is 5.08. The summed E-state index contributed by atoms with van der Waals surface area (Å²) >= 11 is 0. The first-order chi connectivity index (χ1) is 10.9. The normalized spacial score (nSPS) is 17.6. The van der Waals surface area contributed by atoms with Gasteiger partial charge in [0.2, 0.25) is 0 Å². The summed E-state index contributed by atoms with van der Waals surface area (Å²) in [6.45, 7) is 1.05. The second-order valence-corrected chi connectivity index (χ2v) is 5.08. The van der Waals surface area contributed by atoms with Gasteiger partial charge >= 0.3 is 0 Å². The summed E-state index contributed by atoms with van der Waals surface area (Å²) in [5, 5.41) is 20.7. The van der Waals surface area contributed by atoms with Gasteiger partial charge in [0.05, 0.1) is 18.7 Å². The zero-order valence-electron chi connectivity index (χ0n) is 12.7. The van der Waals surface area contributed by atoms with Crippen molar-refractivity contribution in [3.63, 3.8) is 0 Å². The van der Waals surface area contributed by atoms with Crippen LogP contribution in [0.4, 0.5) is 0 Å². The van der Waals surface area contributed by atoms with Gasteiger partial charge in [0.15, 0.2) is 11.5 Å². The quantitative estimate of drug-likeness (QED) is 0.798. The van der Waals surface area contributed by atoms with E-state index in [0.717, 1.165) is 4.90 Å². The fourth-order valence-corrected chi connectivity index (χ4v) is 2.67. The number of carboxylic acid groups (broad SMARTS) is 1. The van der Waals surface area contributed by atoms with Gasteiger partial charge in [-0.05, 0) is 13.0 Å². The van der Waals surface area contributed by atoms with Crippen LogP contribution in [0.25, 0.3) is 0 Å². The van der Waals surface area contributed by atoms with Gasteiger partial charge in [-0.2, -0.15) is 0 Å². The predicted molar refractivity (Wildman–Crippen MR) is 77.4 cm³/mol. The smallest absolute Gasteiger partial charge is 0.290 e. The molecule has 1 atom stereocenters. The standard InChI is InChI=1S/C16H17NO6/c1-9(18)13-14(10-5-3-4-6-11(10)23-2)17(8-7-12(19)20)16(22)15(13)21/h3-6,14,21H,7-8H2,1-2H3,(H,19,20)/p-1/t14-/m1/s1. The van der Waals surface area contributed by atoms with Crippen molar-refractivity contribution in [2.45, 2.75) is 19.4 Å². The highest BCUT2D eigenvalue weighted by molar-refractivity contribution is 6.08. The van der Waals surface area contributed by atoms with Crippen molar-refractivity contribution in [3.05, 3.63) is 41.2 Å². The number of aliphatic hydroxyl groups is 1. The molecule has 1 heterocycles. The lowest BCUT2D eigenvalue weighted by Gasteiger charge is -2.27. The number of rotatable bonds is 6. The van der Waals surface area contributed by atoms with Gasteiger partial charge in [-0.1, -0.05) is 18.2 Å². The molecule has 0 saturated heterocycles. The van der Waals surface area contributed by atoms with Crippen LogP contribution in [0.3, 0.4) is 0 Å². The van der Waals surface area contributed by atoms with E-state index in [4.69, 9.17) is 4.74 Å². The number of ketones is 1. The third-order valence-corrected chi connectivity index (χ3v) is 3.67. The number of carbonyl (C=O) groups excluding carboxylic acids is 3. The number of aliphatic carboxylic acids is 1. The molecule has 2 rings (SSSR count). The van der Waals surface area contributed by atoms with E-state index in [1.165, 1.54) is 14.0 Å². The maximum absolute atomic E-state index is 12.2. The highest BCUT2D eigenvalue weighted by Gasteiger charge is 2.43. The molecule has 0 aliphatic carbocycles. The van der Waals surface area contributed by atoms with E-state index in [1.807, 2.05) is 0 Å². The third kappa shape index (κ3) is 3.03. The van der Waals surface area contributed by atoms with E-state index >= 15 is 0 Å². The van der Waals surface area contributed by atoms with Crippen molar-refractivity contribution in [2.24, 2.45) is 0 Å². The van der Waals surface area contributed by atoms with Crippen molar-refractivity contribution in [1.82, 2.24) is 4.90 Å². The topological polar surface area (TPSA) is 107 Å². The summed E-state index contributed by atoms with van der Waals surface area (Å²) in [5.74, 6) is -2.81. The molecule has 1 aromatic rings. The van der Waals surface area contributed by atoms with Crippen LogP contribution < -0.4 is 9.84 Å². The number of methoxy groups -OCH3 is 1. The van der Waals surface area contributed by atoms with Gasteiger partial charge in [-0.3, -0.25) is 9.59 Å². The van der Waals surface area contributed by atoms with Crippen LogP contribution in [-0.2, 0) is 14.4 Å². The van der Waals surface area contributed by atoms with Gasteiger partial charge in [0.1, 0.15) is 5.75 Å². The SMILES string of the molecule is COc1ccccc1[C@@H]1C(C(C)=O)=C(O)C(=O)N1CCC(=O)[O-]. The average molecular weight is 318 g/mol. The molecule has 23 heavy (non-hydrogen) atoms. The Balaban J connectivity index is 2.53. The maximum atomic E-state index is 12.2. The minimum absolute atomic E-state index is 0.0714. The number of hydrogen-bond donors (Lipinski definition) is 1. The highest BCUT2D eigenvalue weighted by Crippen LogP contribution is 2.41. The minimum Gasteiger partial charge on any atom is -0.550 e. The Bertz CT molecular complexity index is 694. The summed E-state index contributed by atoms with van der Waals surface area (Å²) in [6.07, 6.45) is -0.407. The van der Waals surface area contributed by atoms with Crippen molar-refractivity contribution in [1.29, 1.82) is 0 Å². The van der Waals surface area contributed by atoms with Gasteiger partial charge < -0.3 is 24.6 Å². The Kier molecular flexibility index (Phi) is 4.68. The molecule has 0 saturated carbocycles. The van der Waals surface area contributed by atoms with E-state index < -0.39 is 35.9 Å². The molecule has 1 aliphatic heterocycles. The van der Waals surface area contributed by atoms with Gasteiger partial charge in [0, 0.05) is 24.5 Å². The maximum Gasteiger partial charge on any atom is 0.290 e. The largest absolute Gasteiger partial charge is 0.550 e. The molecule has 0 fully saturated rings. The molecule has 0 radical (unpaired) electrons. The Labute approximate surface area is 132 Å². The Hall–Kier alpha value is -2.83. The van der Waals surface area contributed by atoms with E-state index in [2.05, 4.69) is 0 Å². The molecule has 7 heteroatoms. The summed E-state index contributed by atoms with van der Waals surface area (Å²) in [5.41, 5.74) is 0.425. The van der Waals surface area contributed by atoms with Crippen molar-refractivity contribution < 1.29 is 29.3 Å². The minimum atomic E-state index is -1.33. The van der Waals surface area contributed by atoms with Gasteiger partial charge in [-0.15, -0.1) is 0 Å². The summed E-state index contributed by atoms with van der Waals surface area (Å²) < 4.78 is 5.25. The lowest BCUT2D eigenvalue weighted by Crippen LogP contribution is -2.35. The number of carbonyl (C=O) groups is 3. The number of Topliss-reactive ketones (excluding diaryl/α,β-unsaturated/α-hetero) is 1. The lowest BCUT2D eigenvalue weighted by atomic mass is 9.96. The number of aliphatic hydroxyl groups excluding tert-OH is 1. The number of para-hydroxylation sites is 1. The molecule has 1 amide bonds. The Morgan fingerprint density at radius 1 is 1.35 bits per heavy atom. The molecular formula is C16H16NO6-. The number of ether oxygens (including phenoxy) is 1. The van der Waals surface area contributed by atoms with Crippen LogP contribution in [-0.4, -0.2) is 41.3 Å². The average Bonchev–Trinajstić information content (AvgIpc) is 2.76. The molecule has 7 nitrogen and oxygen atoms in total. The first kappa shape index (κ1) is 16.5. The predicted octanol–water partition coefficient (Wildman–Crippen LogP) is 0.120. The number of amides is 1. The van der Waals surface area contributed by atoms with Crippen LogP contribution in [0.15, 0.2) is 35.6 Å². The molecule has 0 unspecified atom stereocenters. The number of hydrogen-bond acceptors (Lipinski definition) is 6. The fraction of sp³-hybridized carbons (Fsp3) is 0.312. The third-order valence-electron chi connectivity index (χ3n) is 3.67. The van der Waals surface area contributed by atoms with Crippen molar-refractivity contribution in [2.75, 3.05) is 13.7 Å². The number of nitrogens with zero attached hydrogens (tertiary/aromatic N) is 1. The number of carboxylic acids is 1. The molecule has 1 aliphatic rings. The molecule has 122 valence electrons. The molecule has 0 spiro atoms. The van der Waals surface area contributed by atoms with Gasteiger partial charge in [0.25, 0.3) is 5.91 Å². The van der Waals surface area contributed by atoms with E-state index in [0.29, 0.717) is 11.3 Å². The summed E-state index contributed by atoms with van der Waals surface area (Å²) in [6, 6.07) is 5.85. The van der Waals surface area contributed by atoms with E-state index in [1.54, 1.807) is 24.3 Å². The van der Waals surface area contributed by atoms with E-state index in [9.17, 15) is 24.6 Å². The van der Waals surface area contributed by atoms with Crippen molar-refractivity contribution >= 4 is 17.7 Å². The molecule has 1 aromatic carbocycles. The monoisotopic (exact) mass is 318 g/mol. The Morgan fingerprint density at radius 2 is 2.00 bits per heavy atom. The van der Waals surface area contributed by atoms with Crippen molar-refractivity contribution in [3.8, 4) is 5.75 Å². The zero-order chi connectivity index (χ0) is 17.1. The summed E-state index contributed by atoms with van der Waals surface area (Å²) in [7, 11) is 1.44. The van der Waals surface area contributed by atoms with Crippen LogP contribution in [0.2, 0.25) is 0 Å². The highest BCUT2D eigenvalue weighted by atomic mass is 16.5. The number of benzene rings is 1. The first-order valence-electron chi connectivity index (χ1n) is 6.96. The Morgan fingerprint density at radius 3 is 2.57 bits per heavy atom. The molecular weight excluding hydrogens is 302 g/mol. The zero-order valence-corrected chi connectivity index (χ0v) is 12.7. The van der Waals surface area contributed by atoms with Crippen LogP contribution in [0.5, 0.6) is 5.75 Å². The molecule has 1 N–H and O–H groups in total. The van der Waals surface area contributed by atoms with Crippen LogP contribution in [0, 0.1) is 0 Å². The van der Waals surface area contributed by atoms with Gasteiger partial charge in [-0.25, -0.2) is 0 Å². The van der Waals surface area contributed by atoms with Crippen LogP contribution in [0.1, 0.15) is 24.9 Å².